The highest BCUT2D eigenvalue weighted by atomic mass is 16.1. The molecule has 0 heterocycles. The van der Waals surface area contributed by atoms with Crippen LogP contribution in [-0.2, 0) is 4.79 Å². The zero-order valence-electron chi connectivity index (χ0n) is 9.34. The van der Waals surface area contributed by atoms with Gasteiger partial charge in [-0.2, -0.15) is 0 Å². The van der Waals surface area contributed by atoms with E-state index in [1.165, 1.54) is 12.8 Å². The van der Waals surface area contributed by atoms with Crippen LogP contribution in [0, 0.1) is 5.92 Å². The van der Waals surface area contributed by atoms with Crippen molar-refractivity contribution < 1.29 is 4.79 Å². The second-order valence-electron chi connectivity index (χ2n) is 4.59. The van der Waals surface area contributed by atoms with E-state index in [4.69, 9.17) is 5.73 Å². The molecule has 0 aliphatic heterocycles. The summed E-state index contributed by atoms with van der Waals surface area (Å²) < 4.78 is 0. The summed E-state index contributed by atoms with van der Waals surface area (Å²) in [5, 5.41) is 2.99. The SMILES string of the molecule is CNC(C)(CN(C)CC1CC1)C(N)=O. The highest BCUT2D eigenvalue weighted by molar-refractivity contribution is 5.84. The average molecular weight is 199 g/mol. The Morgan fingerprint density at radius 1 is 1.64 bits per heavy atom. The molecule has 14 heavy (non-hydrogen) atoms. The van der Waals surface area contributed by atoms with Gasteiger partial charge in [-0.05, 0) is 39.8 Å². The number of primary amides is 1. The van der Waals surface area contributed by atoms with E-state index in [1.807, 2.05) is 14.0 Å². The molecule has 1 atom stereocenters. The number of carbonyl (C=O) groups is 1. The van der Waals surface area contributed by atoms with Gasteiger partial charge in [0, 0.05) is 13.1 Å². The molecule has 0 spiro atoms. The molecule has 4 heteroatoms. The quantitative estimate of drug-likeness (QED) is 0.622. The highest BCUT2D eigenvalue weighted by Gasteiger charge is 2.32. The number of nitrogens with zero attached hydrogens (tertiary/aromatic N) is 1. The molecule has 1 rings (SSSR count). The lowest BCUT2D eigenvalue weighted by molar-refractivity contribution is -0.124. The number of hydrogen-bond acceptors (Lipinski definition) is 3. The normalized spacial score (nSPS) is 20.9. The fourth-order valence-corrected chi connectivity index (χ4v) is 1.63. The minimum atomic E-state index is -0.607. The average Bonchev–Trinajstić information content (AvgIpc) is 2.87. The van der Waals surface area contributed by atoms with Crippen LogP contribution in [0.4, 0.5) is 0 Å². The molecule has 0 bridgehead atoms. The molecule has 1 saturated carbocycles. The Bertz CT molecular complexity index is 215. The van der Waals surface area contributed by atoms with Crippen LogP contribution in [0.3, 0.4) is 0 Å². The lowest BCUT2D eigenvalue weighted by atomic mass is 10.0. The van der Waals surface area contributed by atoms with Gasteiger partial charge in [-0.15, -0.1) is 0 Å². The Labute approximate surface area is 85.8 Å². The smallest absolute Gasteiger partial charge is 0.238 e. The minimum Gasteiger partial charge on any atom is -0.368 e. The molecule has 4 nitrogen and oxygen atoms in total. The first-order chi connectivity index (χ1) is 6.48. The van der Waals surface area contributed by atoms with Gasteiger partial charge in [-0.1, -0.05) is 0 Å². The van der Waals surface area contributed by atoms with E-state index in [9.17, 15) is 4.79 Å². The lowest BCUT2D eigenvalue weighted by Gasteiger charge is -2.30. The number of likely N-dealkylation sites (N-methyl/N-ethyl adjacent to an activating group) is 2. The van der Waals surface area contributed by atoms with Crippen LogP contribution < -0.4 is 11.1 Å². The van der Waals surface area contributed by atoms with Crippen molar-refractivity contribution in [1.82, 2.24) is 10.2 Å². The number of amides is 1. The monoisotopic (exact) mass is 199 g/mol. The summed E-state index contributed by atoms with van der Waals surface area (Å²) in [5.74, 6) is 0.552. The summed E-state index contributed by atoms with van der Waals surface area (Å²) in [7, 11) is 3.81. The topological polar surface area (TPSA) is 58.4 Å². The van der Waals surface area contributed by atoms with E-state index in [2.05, 4.69) is 10.2 Å². The van der Waals surface area contributed by atoms with E-state index in [-0.39, 0.29) is 5.91 Å². The fourth-order valence-electron chi connectivity index (χ4n) is 1.63. The Morgan fingerprint density at radius 3 is 2.57 bits per heavy atom. The predicted octanol–water partition coefficient (Wildman–Crippen LogP) is -0.208. The van der Waals surface area contributed by atoms with Gasteiger partial charge in [0.1, 0.15) is 5.54 Å². The van der Waals surface area contributed by atoms with E-state index in [1.54, 1.807) is 7.05 Å². The van der Waals surface area contributed by atoms with Crippen LogP contribution in [0.25, 0.3) is 0 Å². The van der Waals surface area contributed by atoms with Crippen LogP contribution >= 0.6 is 0 Å². The minimum absolute atomic E-state index is 0.289. The van der Waals surface area contributed by atoms with Crippen LogP contribution in [0.2, 0.25) is 0 Å². The maximum atomic E-state index is 11.2. The summed E-state index contributed by atoms with van der Waals surface area (Å²) in [6, 6.07) is 0. The molecular weight excluding hydrogens is 178 g/mol. The molecule has 1 unspecified atom stereocenters. The molecule has 1 aliphatic rings. The number of nitrogens with two attached hydrogens (primary N) is 1. The third-order valence-corrected chi connectivity index (χ3v) is 2.95. The molecule has 0 aromatic heterocycles. The summed E-state index contributed by atoms with van der Waals surface area (Å²) >= 11 is 0. The maximum Gasteiger partial charge on any atom is 0.238 e. The van der Waals surface area contributed by atoms with Crippen molar-refractivity contribution in [2.24, 2.45) is 11.7 Å². The zero-order chi connectivity index (χ0) is 10.8. The van der Waals surface area contributed by atoms with Crippen LogP contribution in [0.5, 0.6) is 0 Å². The Balaban J connectivity index is 2.41. The summed E-state index contributed by atoms with van der Waals surface area (Å²) in [6.07, 6.45) is 2.66. The summed E-state index contributed by atoms with van der Waals surface area (Å²) in [5.41, 5.74) is 4.74. The lowest BCUT2D eigenvalue weighted by Crippen LogP contribution is -2.58. The standard InChI is InChI=1S/C10H21N3O/c1-10(12-2,9(11)14)7-13(3)6-8-4-5-8/h8,12H,4-7H2,1-3H3,(H2,11,14). The van der Waals surface area contributed by atoms with Crippen molar-refractivity contribution in [3.63, 3.8) is 0 Å². The molecule has 3 N–H and O–H groups in total. The second-order valence-corrected chi connectivity index (χ2v) is 4.59. The van der Waals surface area contributed by atoms with E-state index in [0.717, 1.165) is 12.5 Å². The predicted molar refractivity (Wildman–Crippen MR) is 56.9 cm³/mol. The Kier molecular flexibility index (Phi) is 3.50. The number of nitrogens with one attached hydrogen (secondary N) is 1. The van der Waals surface area contributed by atoms with Crippen molar-refractivity contribution >= 4 is 5.91 Å². The third-order valence-electron chi connectivity index (χ3n) is 2.95. The number of rotatable bonds is 6. The molecule has 1 aliphatic carbocycles. The number of hydrogen-bond donors (Lipinski definition) is 2. The molecule has 1 fully saturated rings. The molecule has 82 valence electrons. The first kappa shape index (κ1) is 11.5. The zero-order valence-corrected chi connectivity index (χ0v) is 9.34. The van der Waals surface area contributed by atoms with Crippen molar-refractivity contribution in [2.75, 3.05) is 27.2 Å². The first-order valence-electron chi connectivity index (χ1n) is 5.15. The van der Waals surface area contributed by atoms with Gasteiger partial charge < -0.3 is 16.0 Å². The third kappa shape index (κ3) is 2.96. The van der Waals surface area contributed by atoms with Crippen molar-refractivity contribution in [3.05, 3.63) is 0 Å². The van der Waals surface area contributed by atoms with Gasteiger partial charge in [0.2, 0.25) is 5.91 Å². The largest absolute Gasteiger partial charge is 0.368 e. The van der Waals surface area contributed by atoms with Gasteiger partial charge >= 0.3 is 0 Å². The van der Waals surface area contributed by atoms with Crippen LogP contribution in [0.15, 0.2) is 0 Å². The van der Waals surface area contributed by atoms with Crippen LogP contribution in [0.1, 0.15) is 19.8 Å². The second kappa shape index (κ2) is 4.28. The van der Waals surface area contributed by atoms with E-state index < -0.39 is 5.54 Å². The van der Waals surface area contributed by atoms with Gasteiger partial charge in [0.15, 0.2) is 0 Å². The van der Waals surface area contributed by atoms with Crippen molar-refractivity contribution in [2.45, 2.75) is 25.3 Å². The molecule has 0 aromatic rings. The summed E-state index contributed by atoms with van der Waals surface area (Å²) in [6.45, 7) is 3.60. The van der Waals surface area contributed by atoms with E-state index in [0.29, 0.717) is 6.54 Å². The number of carbonyl (C=O) groups excluding carboxylic acids is 1. The maximum absolute atomic E-state index is 11.2. The van der Waals surface area contributed by atoms with Crippen molar-refractivity contribution in [3.8, 4) is 0 Å². The van der Waals surface area contributed by atoms with Gasteiger partial charge in [0.25, 0.3) is 0 Å². The van der Waals surface area contributed by atoms with Crippen molar-refractivity contribution in [1.29, 1.82) is 0 Å². The molecule has 0 radical (unpaired) electrons. The molecule has 0 saturated heterocycles. The summed E-state index contributed by atoms with van der Waals surface area (Å²) in [4.78, 5) is 13.4. The van der Waals surface area contributed by atoms with E-state index >= 15 is 0 Å². The van der Waals surface area contributed by atoms with Crippen LogP contribution in [-0.4, -0.2) is 43.5 Å². The molecular formula is C10H21N3O. The fraction of sp³-hybridized carbons (Fsp3) is 0.900. The molecule has 1 amide bonds. The Hall–Kier alpha value is -0.610. The highest BCUT2D eigenvalue weighted by Crippen LogP contribution is 2.29. The first-order valence-corrected chi connectivity index (χ1v) is 5.15. The Morgan fingerprint density at radius 2 is 2.21 bits per heavy atom. The van der Waals surface area contributed by atoms with Gasteiger partial charge in [-0.3, -0.25) is 4.79 Å². The van der Waals surface area contributed by atoms with Gasteiger partial charge in [0.05, 0.1) is 0 Å². The molecule has 0 aromatic carbocycles. The van der Waals surface area contributed by atoms with Gasteiger partial charge in [-0.25, -0.2) is 0 Å².